The van der Waals surface area contributed by atoms with Crippen molar-refractivity contribution >= 4 is 40.6 Å². The van der Waals surface area contributed by atoms with E-state index in [1.54, 1.807) is 11.0 Å². The number of hydrogen-bond donors (Lipinski definition) is 1. The van der Waals surface area contributed by atoms with Crippen molar-refractivity contribution in [2.75, 3.05) is 19.0 Å². The summed E-state index contributed by atoms with van der Waals surface area (Å²) in [6, 6.07) is 17.9. The predicted octanol–water partition coefficient (Wildman–Crippen LogP) is 6.85. The van der Waals surface area contributed by atoms with Crippen LogP contribution in [-0.2, 0) is 25.5 Å². The van der Waals surface area contributed by atoms with Gasteiger partial charge in [0.2, 0.25) is 11.8 Å². The summed E-state index contributed by atoms with van der Waals surface area (Å²) in [6.07, 6.45) is 3.79. The molecule has 0 radical (unpaired) electrons. The Balaban J connectivity index is 1.53. The molecule has 2 aliphatic rings. The first-order valence-corrected chi connectivity index (χ1v) is 14.6. The summed E-state index contributed by atoms with van der Waals surface area (Å²) in [7, 11) is 1.34. The third-order valence-electron chi connectivity index (χ3n) is 8.18. The van der Waals surface area contributed by atoms with Crippen LogP contribution in [0.2, 0.25) is 5.02 Å². The van der Waals surface area contributed by atoms with Crippen molar-refractivity contribution in [1.82, 2.24) is 4.90 Å². The second-order valence-corrected chi connectivity index (χ2v) is 11.3. The fraction of sp³-hybridized carbons (Fsp3) is 0.294. The standard InChI is InChI=1S/C34H31ClFN3O4/c1-20-5-3-8-29(39-14-13-24(18-30(39)40)32-25(19-37)10-12-27(35)33(32)36)23-7-4-6-22(17-23)26-11-9-21(16-31(41)43-2)15-28(26)38-34(20)42/h4,6-7,9-12,15,17-18,20,29H,3,5,8,13-14,16H2,1-2H3,(H,38,42)/t20-,29+/m1/s1. The molecule has 0 aliphatic carbocycles. The molecule has 2 bridgehead atoms. The van der Waals surface area contributed by atoms with Crippen molar-refractivity contribution in [2.45, 2.75) is 45.1 Å². The largest absolute Gasteiger partial charge is 0.469 e. The molecule has 0 saturated heterocycles. The molecule has 0 aromatic heterocycles. The zero-order valence-electron chi connectivity index (χ0n) is 24.0. The molecule has 9 heteroatoms. The first-order valence-electron chi connectivity index (χ1n) is 14.2. The van der Waals surface area contributed by atoms with Gasteiger partial charge in [0, 0.05) is 35.4 Å². The van der Waals surface area contributed by atoms with Gasteiger partial charge in [-0.05, 0) is 65.8 Å². The molecule has 7 nitrogen and oxygen atoms in total. The van der Waals surface area contributed by atoms with Crippen LogP contribution in [0.15, 0.2) is 60.7 Å². The number of methoxy groups -OCH3 is 1. The lowest BCUT2D eigenvalue weighted by molar-refractivity contribution is -0.139. The second kappa shape index (κ2) is 12.8. The van der Waals surface area contributed by atoms with Crippen LogP contribution in [0.1, 0.15) is 60.9 Å². The van der Waals surface area contributed by atoms with Gasteiger partial charge in [-0.25, -0.2) is 4.39 Å². The number of esters is 1. The van der Waals surface area contributed by atoms with Crippen LogP contribution < -0.4 is 5.32 Å². The van der Waals surface area contributed by atoms with Gasteiger partial charge in [0.05, 0.1) is 36.2 Å². The van der Waals surface area contributed by atoms with Crippen LogP contribution in [0.3, 0.4) is 0 Å². The van der Waals surface area contributed by atoms with E-state index < -0.39 is 5.82 Å². The summed E-state index contributed by atoms with van der Waals surface area (Å²) in [6.45, 7) is 2.21. The van der Waals surface area contributed by atoms with Crippen molar-refractivity contribution in [2.24, 2.45) is 5.92 Å². The zero-order chi connectivity index (χ0) is 30.7. The van der Waals surface area contributed by atoms with Gasteiger partial charge in [-0.3, -0.25) is 14.4 Å². The van der Waals surface area contributed by atoms with E-state index >= 15 is 0 Å². The first kappa shape index (κ1) is 30.0. The Hall–Kier alpha value is -4.48. The smallest absolute Gasteiger partial charge is 0.309 e. The molecule has 3 aromatic rings. The molecule has 2 aliphatic heterocycles. The van der Waals surface area contributed by atoms with Gasteiger partial charge in [-0.15, -0.1) is 0 Å². The normalized spacial score (nSPS) is 18.8. The lowest BCUT2D eigenvalue weighted by Gasteiger charge is -2.35. The molecule has 0 saturated carbocycles. The van der Waals surface area contributed by atoms with Crippen molar-refractivity contribution in [3.63, 3.8) is 0 Å². The quantitative estimate of drug-likeness (QED) is 0.331. The Morgan fingerprint density at radius 2 is 1.98 bits per heavy atom. The Morgan fingerprint density at radius 1 is 1.16 bits per heavy atom. The topological polar surface area (TPSA) is 99.5 Å². The number of carbonyl (C=O) groups excluding carboxylic acids is 3. The minimum absolute atomic E-state index is 0.0756. The lowest BCUT2D eigenvalue weighted by Crippen LogP contribution is -2.37. The number of benzene rings is 3. The van der Waals surface area contributed by atoms with Gasteiger partial charge in [0.1, 0.15) is 0 Å². The van der Waals surface area contributed by atoms with Crippen LogP contribution in [0.4, 0.5) is 10.1 Å². The molecular formula is C34H31ClFN3O4. The molecule has 1 N–H and O–H groups in total. The molecule has 0 spiro atoms. The molecule has 0 fully saturated rings. The number of ether oxygens (including phenoxy) is 1. The van der Waals surface area contributed by atoms with Crippen LogP contribution in [0, 0.1) is 23.1 Å². The SMILES string of the molecule is COC(=O)Cc1ccc2c(c1)NC(=O)[C@H](C)CCC[C@H](N1CCC(c3c(C#N)ccc(Cl)c3F)=CC1=O)c1cccc-2c1. The maximum absolute atomic E-state index is 15.0. The average molecular weight is 600 g/mol. The number of carbonyl (C=O) groups is 3. The highest BCUT2D eigenvalue weighted by atomic mass is 35.5. The first-order chi connectivity index (χ1) is 20.7. The summed E-state index contributed by atoms with van der Waals surface area (Å²) >= 11 is 6.01. The number of nitrogens with one attached hydrogen (secondary N) is 1. The highest BCUT2D eigenvalue weighted by Gasteiger charge is 2.30. The number of rotatable bonds is 4. The molecule has 2 amide bonds. The van der Waals surface area contributed by atoms with E-state index in [0.29, 0.717) is 43.5 Å². The number of amides is 2. The van der Waals surface area contributed by atoms with Crippen LogP contribution >= 0.6 is 11.6 Å². The van der Waals surface area contributed by atoms with Crippen LogP contribution in [-0.4, -0.2) is 36.3 Å². The number of fused-ring (bicyclic) bond motifs is 4. The number of nitriles is 1. The van der Waals surface area contributed by atoms with Crippen molar-refractivity contribution in [1.29, 1.82) is 5.26 Å². The third kappa shape index (κ3) is 6.32. The number of nitrogens with zero attached hydrogens (tertiary/aromatic N) is 2. The Morgan fingerprint density at radius 3 is 2.72 bits per heavy atom. The Kier molecular flexibility index (Phi) is 8.93. The molecule has 220 valence electrons. The van der Waals surface area contributed by atoms with E-state index in [0.717, 1.165) is 22.3 Å². The summed E-state index contributed by atoms with van der Waals surface area (Å²) in [5, 5.41) is 12.5. The summed E-state index contributed by atoms with van der Waals surface area (Å²) in [5.74, 6) is -1.75. The zero-order valence-corrected chi connectivity index (χ0v) is 24.7. The minimum Gasteiger partial charge on any atom is -0.469 e. The van der Waals surface area contributed by atoms with E-state index in [1.165, 1.54) is 25.3 Å². The third-order valence-corrected chi connectivity index (χ3v) is 8.47. The van der Waals surface area contributed by atoms with Gasteiger partial charge in [-0.1, -0.05) is 55.3 Å². The Labute approximate surface area is 254 Å². The lowest BCUT2D eigenvalue weighted by atomic mass is 9.89. The van der Waals surface area contributed by atoms with Gasteiger partial charge in [0.15, 0.2) is 5.82 Å². The van der Waals surface area contributed by atoms with Crippen LogP contribution in [0.25, 0.3) is 16.7 Å². The average Bonchev–Trinajstić information content (AvgIpc) is 3.00. The molecule has 43 heavy (non-hydrogen) atoms. The minimum atomic E-state index is -0.701. The van der Waals surface area contributed by atoms with Crippen molar-refractivity contribution in [3.8, 4) is 17.2 Å². The maximum atomic E-state index is 15.0. The highest BCUT2D eigenvalue weighted by molar-refractivity contribution is 6.31. The summed E-state index contributed by atoms with van der Waals surface area (Å²) in [4.78, 5) is 40.5. The molecule has 0 unspecified atom stereocenters. The molecule has 5 rings (SSSR count). The van der Waals surface area contributed by atoms with Crippen molar-refractivity contribution < 1.29 is 23.5 Å². The summed E-state index contributed by atoms with van der Waals surface area (Å²) < 4.78 is 19.8. The van der Waals surface area contributed by atoms with E-state index in [2.05, 4.69) is 5.32 Å². The number of halogens is 2. The van der Waals surface area contributed by atoms with E-state index in [9.17, 15) is 24.0 Å². The van der Waals surface area contributed by atoms with E-state index in [-0.39, 0.29) is 52.3 Å². The second-order valence-electron chi connectivity index (χ2n) is 10.9. The molecule has 2 atom stereocenters. The van der Waals surface area contributed by atoms with Crippen LogP contribution in [0.5, 0.6) is 0 Å². The van der Waals surface area contributed by atoms with E-state index in [4.69, 9.17) is 16.3 Å². The van der Waals surface area contributed by atoms with Gasteiger partial charge in [-0.2, -0.15) is 5.26 Å². The van der Waals surface area contributed by atoms with Gasteiger partial charge >= 0.3 is 5.97 Å². The maximum Gasteiger partial charge on any atom is 0.309 e. The summed E-state index contributed by atoms with van der Waals surface area (Å²) in [5.41, 5.74) is 4.57. The van der Waals surface area contributed by atoms with Gasteiger partial charge < -0.3 is 15.0 Å². The number of hydrogen-bond acceptors (Lipinski definition) is 5. The number of anilines is 1. The van der Waals surface area contributed by atoms with Crippen molar-refractivity contribution in [3.05, 3.63) is 93.8 Å². The fourth-order valence-electron chi connectivity index (χ4n) is 5.84. The highest BCUT2D eigenvalue weighted by Crippen LogP contribution is 2.38. The fourth-order valence-corrected chi connectivity index (χ4v) is 5.99. The predicted molar refractivity (Wildman–Crippen MR) is 162 cm³/mol. The molecule has 3 aromatic carbocycles. The van der Waals surface area contributed by atoms with E-state index in [1.807, 2.05) is 49.4 Å². The monoisotopic (exact) mass is 599 g/mol. The molecule has 2 heterocycles. The van der Waals surface area contributed by atoms with Gasteiger partial charge in [0.25, 0.3) is 0 Å². The Bertz CT molecular complexity index is 1680. The molecular weight excluding hydrogens is 569 g/mol.